The summed E-state index contributed by atoms with van der Waals surface area (Å²) in [5, 5.41) is 3.16. The fourth-order valence-corrected chi connectivity index (χ4v) is 1.80. The van der Waals surface area contributed by atoms with E-state index >= 15 is 0 Å². The Morgan fingerprint density at radius 3 is 3.08 bits per heavy atom. The highest BCUT2D eigenvalue weighted by Crippen LogP contribution is 2.32. The monoisotopic (exact) mass is 244 g/mol. The van der Waals surface area contributed by atoms with Crippen molar-refractivity contribution in [3.8, 4) is 0 Å². The average Bonchev–Trinajstić information content (AvgIpc) is 2.09. The molecule has 0 fully saturated rings. The van der Waals surface area contributed by atoms with Gasteiger partial charge in [0.1, 0.15) is 5.82 Å². The molecule has 2 nitrogen and oxygen atoms in total. The molecule has 0 saturated carbocycles. The molecular formula is C9H10BrFN2. The highest BCUT2D eigenvalue weighted by Gasteiger charge is 2.15. The zero-order chi connectivity index (χ0) is 9.42. The molecule has 1 aliphatic rings. The lowest BCUT2D eigenvalue weighted by atomic mass is 10.2. The number of rotatable bonds is 0. The molecule has 0 spiro atoms. The number of benzene rings is 1. The SMILES string of the molecule is CN1CCNc2cc(F)c(Br)cc21. The highest BCUT2D eigenvalue weighted by atomic mass is 79.9. The van der Waals surface area contributed by atoms with Crippen LogP contribution in [-0.4, -0.2) is 20.1 Å². The molecule has 70 valence electrons. The Bertz CT molecular complexity index is 341. The van der Waals surface area contributed by atoms with Crippen LogP contribution in [0.15, 0.2) is 16.6 Å². The van der Waals surface area contributed by atoms with Crippen LogP contribution >= 0.6 is 15.9 Å². The van der Waals surface area contributed by atoms with Gasteiger partial charge in [-0.25, -0.2) is 4.39 Å². The van der Waals surface area contributed by atoms with Crippen molar-refractivity contribution < 1.29 is 4.39 Å². The van der Waals surface area contributed by atoms with E-state index < -0.39 is 0 Å². The first kappa shape index (κ1) is 8.81. The van der Waals surface area contributed by atoms with Crippen molar-refractivity contribution >= 4 is 27.3 Å². The summed E-state index contributed by atoms with van der Waals surface area (Å²) in [7, 11) is 2.00. The van der Waals surface area contributed by atoms with Gasteiger partial charge < -0.3 is 10.2 Å². The maximum atomic E-state index is 13.1. The molecule has 1 heterocycles. The summed E-state index contributed by atoms with van der Waals surface area (Å²) in [6.45, 7) is 1.82. The molecule has 1 aromatic carbocycles. The second-order valence-corrected chi connectivity index (χ2v) is 3.99. The lowest BCUT2D eigenvalue weighted by Gasteiger charge is -2.28. The molecule has 0 unspecified atom stereocenters. The lowest BCUT2D eigenvalue weighted by molar-refractivity contribution is 0.621. The summed E-state index contributed by atoms with van der Waals surface area (Å²) in [6.07, 6.45) is 0. The number of anilines is 2. The fraction of sp³-hybridized carbons (Fsp3) is 0.333. The van der Waals surface area contributed by atoms with E-state index in [9.17, 15) is 4.39 Å². The first-order valence-corrected chi connectivity index (χ1v) is 4.92. The first-order chi connectivity index (χ1) is 6.18. The third-order valence-corrected chi connectivity index (χ3v) is 2.82. The maximum Gasteiger partial charge on any atom is 0.139 e. The molecule has 4 heteroatoms. The number of halogens is 2. The third-order valence-electron chi connectivity index (χ3n) is 2.21. The van der Waals surface area contributed by atoms with E-state index in [1.807, 2.05) is 7.05 Å². The molecule has 0 saturated heterocycles. The average molecular weight is 245 g/mol. The molecule has 2 rings (SSSR count). The van der Waals surface area contributed by atoms with Gasteiger partial charge in [0.15, 0.2) is 0 Å². The van der Waals surface area contributed by atoms with Gasteiger partial charge in [-0.2, -0.15) is 0 Å². The van der Waals surface area contributed by atoms with Gasteiger partial charge in [-0.15, -0.1) is 0 Å². The van der Waals surface area contributed by atoms with Gasteiger partial charge in [0.05, 0.1) is 15.8 Å². The summed E-state index contributed by atoms with van der Waals surface area (Å²) < 4.78 is 13.6. The Hall–Kier alpha value is -0.770. The van der Waals surface area contributed by atoms with Gasteiger partial charge in [0, 0.05) is 26.2 Å². The van der Waals surface area contributed by atoms with Crippen molar-refractivity contribution in [1.29, 1.82) is 0 Å². The Balaban J connectivity index is 2.52. The maximum absolute atomic E-state index is 13.1. The van der Waals surface area contributed by atoms with E-state index in [1.54, 1.807) is 6.07 Å². The van der Waals surface area contributed by atoms with Crippen LogP contribution in [0.1, 0.15) is 0 Å². The fourth-order valence-electron chi connectivity index (χ4n) is 1.47. The van der Waals surface area contributed by atoms with Gasteiger partial charge in [-0.1, -0.05) is 0 Å². The van der Waals surface area contributed by atoms with Gasteiger partial charge in [0.2, 0.25) is 0 Å². The molecule has 1 N–H and O–H groups in total. The van der Waals surface area contributed by atoms with Crippen molar-refractivity contribution in [3.63, 3.8) is 0 Å². The van der Waals surface area contributed by atoms with E-state index in [1.165, 1.54) is 6.07 Å². The van der Waals surface area contributed by atoms with E-state index in [2.05, 4.69) is 26.1 Å². The molecule has 0 aliphatic carbocycles. The van der Waals surface area contributed by atoms with Crippen LogP contribution in [0.2, 0.25) is 0 Å². The number of hydrogen-bond donors (Lipinski definition) is 1. The normalized spacial score (nSPS) is 15.2. The zero-order valence-electron chi connectivity index (χ0n) is 7.27. The Morgan fingerprint density at radius 1 is 1.54 bits per heavy atom. The molecule has 13 heavy (non-hydrogen) atoms. The minimum atomic E-state index is -0.221. The van der Waals surface area contributed by atoms with Gasteiger partial charge in [0.25, 0.3) is 0 Å². The van der Waals surface area contributed by atoms with Crippen molar-refractivity contribution in [2.24, 2.45) is 0 Å². The smallest absolute Gasteiger partial charge is 0.139 e. The largest absolute Gasteiger partial charge is 0.382 e. The van der Waals surface area contributed by atoms with Gasteiger partial charge >= 0.3 is 0 Å². The van der Waals surface area contributed by atoms with Crippen LogP contribution in [0.3, 0.4) is 0 Å². The van der Waals surface area contributed by atoms with Gasteiger partial charge in [-0.05, 0) is 22.0 Å². The van der Waals surface area contributed by atoms with Crippen LogP contribution < -0.4 is 10.2 Å². The van der Waals surface area contributed by atoms with Crippen molar-refractivity contribution in [3.05, 3.63) is 22.4 Å². The third kappa shape index (κ3) is 1.50. The number of likely N-dealkylation sites (N-methyl/N-ethyl adjacent to an activating group) is 1. The molecule has 0 atom stereocenters. The van der Waals surface area contributed by atoms with E-state index in [0.717, 1.165) is 24.5 Å². The number of nitrogens with zero attached hydrogens (tertiary/aromatic N) is 1. The van der Waals surface area contributed by atoms with Crippen LogP contribution in [0.4, 0.5) is 15.8 Å². The Labute approximate surface area is 84.9 Å². The second kappa shape index (κ2) is 3.18. The summed E-state index contributed by atoms with van der Waals surface area (Å²) in [5.74, 6) is -0.221. The highest BCUT2D eigenvalue weighted by molar-refractivity contribution is 9.10. The molecule has 0 amide bonds. The quantitative estimate of drug-likeness (QED) is 0.755. The minimum absolute atomic E-state index is 0.221. The first-order valence-electron chi connectivity index (χ1n) is 4.12. The van der Waals surface area contributed by atoms with E-state index in [0.29, 0.717) is 4.47 Å². The molecule has 0 aromatic heterocycles. The van der Waals surface area contributed by atoms with E-state index in [-0.39, 0.29) is 5.82 Å². The Morgan fingerprint density at radius 2 is 2.31 bits per heavy atom. The summed E-state index contributed by atoms with van der Waals surface area (Å²) in [6, 6.07) is 3.33. The summed E-state index contributed by atoms with van der Waals surface area (Å²) in [4.78, 5) is 2.11. The zero-order valence-corrected chi connectivity index (χ0v) is 8.86. The van der Waals surface area contributed by atoms with Crippen molar-refractivity contribution in [1.82, 2.24) is 0 Å². The van der Waals surface area contributed by atoms with Crippen molar-refractivity contribution in [2.45, 2.75) is 0 Å². The standard InChI is InChI=1S/C9H10BrFN2/c1-13-3-2-12-8-5-7(11)6(10)4-9(8)13/h4-5,12H,2-3H2,1H3. The Kier molecular flexibility index (Phi) is 2.15. The van der Waals surface area contributed by atoms with Gasteiger partial charge in [-0.3, -0.25) is 0 Å². The molecule has 1 aliphatic heterocycles. The number of hydrogen-bond acceptors (Lipinski definition) is 2. The van der Waals surface area contributed by atoms with Crippen LogP contribution in [0, 0.1) is 5.82 Å². The molecule has 0 bridgehead atoms. The molecule has 1 aromatic rings. The number of fused-ring (bicyclic) bond motifs is 1. The summed E-state index contributed by atoms with van der Waals surface area (Å²) >= 11 is 3.17. The molecular weight excluding hydrogens is 235 g/mol. The minimum Gasteiger partial charge on any atom is -0.382 e. The second-order valence-electron chi connectivity index (χ2n) is 3.13. The predicted octanol–water partition coefficient (Wildman–Crippen LogP) is 2.45. The van der Waals surface area contributed by atoms with Crippen molar-refractivity contribution in [2.75, 3.05) is 30.4 Å². The van der Waals surface area contributed by atoms with E-state index in [4.69, 9.17) is 0 Å². The lowest BCUT2D eigenvalue weighted by Crippen LogP contribution is -2.30. The number of nitrogens with one attached hydrogen (secondary N) is 1. The van der Waals surface area contributed by atoms with Crippen LogP contribution in [0.5, 0.6) is 0 Å². The topological polar surface area (TPSA) is 15.3 Å². The van der Waals surface area contributed by atoms with Crippen LogP contribution in [0.25, 0.3) is 0 Å². The van der Waals surface area contributed by atoms with Crippen LogP contribution in [-0.2, 0) is 0 Å². The summed E-state index contributed by atoms with van der Waals surface area (Å²) in [5.41, 5.74) is 1.91. The molecule has 0 radical (unpaired) electrons. The predicted molar refractivity (Wildman–Crippen MR) is 55.9 cm³/mol.